The molecule has 172 valence electrons. The maximum atomic E-state index is 10.6. The number of guanidine groups is 1. The number of pyridine rings is 1. The third-order valence-electron chi connectivity index (χ3n) is 4.95. The van der Waals surface area contributed by atoms with Crippen molar-refractivity contribution in [2.45, 2.75) is 19.3 Å². The Hall–Kier alpha value is -2.69. The lowest BCUT2D eigenvalue weighted by Crippen LogP contribution is -2.38. The number of halogens is 1. The van der Waals surface area contributed by atoms with Gasteiger partial charge in [0, 0.05) is 42.0 Å². The molecule has 33 heavy (non-hydrogen) atoms. The molecule has 6 nitrogen and oxygen atoms in total. The Balaban J connectivity index is 0.00000306. The van der Waals surface area contributed by atoms with E-state index in [1.165, 1.54) is 4.70 Å². The highest BCUT2D eigenvalue weighted by atomic mass is 127. The van der Waals surface area contributed by atoms with Crippen molar-refractivity contribution in [2.75, 3.05) is 13.6 Å². The summed E-state index contributed by atoms with van der Waals surface area (Å²) in [6.45, 7) is 1.40. The van der Waals surface area contributed by atoms with E-state index in [-0.39, 0.29) is 24.0 Å². The zero-order valence-corrected chi connectivity index (χ0v) is 21.4. The first-order valence-corrected chi connectivity index (χ1v) is 11.3. The highest BCUT2D eigenvalue weighted by Crippen LogP contribution is 2.29. The van der Waals surface area contributed by atoms with Crippen LogP contribution >= 0.6 is 35.3 Å². The van der Waals surface area contributed by atoms with Crippen LogP contribution < -0.4 is 15.4 Å². The molecule has 0 aliphatic rings. The molecular weight excluding hydrogens is 547 g/mol. The topological polar surface area (TPSA) is 78.8 Å². The minimum Gasteiger partial charge on any atom is -0.473 e. The molecule has 0 fully saturated rings. The van der Waals surface area contributed by atoms with Crippen LogP contribution in [0.3, 0.4) is 0 Å². The number of benzene rings is 2. The van der Waals surface area contributed by atoms with Crippen molar-refractivity contribution in [3.63, 3.8) is 0 Å². The Morgan fingerprint density at radius 3 is 2.61 bits per heavy atom. The molecule has 4 aromatic rings. The van der Waals surface area contributed by atoms with Gasteiger partial charge in [-0.05, 0) is 34.7 Å². The third kappa shape index (κ3) is 7.15. The van der Waals surface area contributed by atoms with Gasteiger partial charge in [-0.1, -0.05) is 48.5 Å². The SMILES string of the molecule is CN=C(NCc1ccnc(OCc2ccccc2)c1)NCC(O)c1cc2ccccc2s1.I. The van der Waals surface area contributed by atoms with Crippen molar-refractivity contribution in [3.8, 4) is 5.88 Å². The minimum atomic E-state index is -0.607. The molecule has 0 spiro atoms. The zero-order valence-electron chi connectivity index (χ0n) is 18.3. The van der Waals surface area contributed by atoms with E-state index in [4.69, 9.17) is 4.74 Å². The average Bonchev–Trinajstić information content (AvgIpc) is 3.28. The molecular formula is C25H27IN4O2S. The maximum absolute atomic E-state index is 10.6. The number of thiophene rings is 1. The number of aliphatic hydroxyl groups is 1. The van der Waals surface area contributed by atoms with Crippen LogP contribution in [0, 0.1) is 0 Å². The third-order valence-corrected chi connectivity index (χ3v) is 6.17. The second-order valence-electron chi connectivity index (χ2n) is 7.29. The van der Waals surface area contributed by atoms with Gasteiger partial charge in [0.25, 0.3) is 0 Å². The quantitative estimate of drug-likeness (QED) is 0.159. The number of aliphatic hydroxyl groups excluding tert-OH is 1. The summed E-state index contributed by atoms with van der Waals surface area (Å²) < 4.78 is 6.98. The van der Waals surface area contributed by atoms with Gasteiger partial charge in [0.15, 0.2) is 5.96 Å². The number of hydrogen-bond acceptors (Lipinski definition) is 5. The van der Waals surface area contributed by atoms with Crippen LogP contribution in [0.2, 0.25) is 0 Å². The highest BCUT2D eigenvalue weighted by molar-refractivity contribution is 14.0. The van der Waals surface area contributed by atoms with Crippen molar-refractivity contribution in [2.24, 2.45) is 4.99 Å². The van der Waals surface area contributed by atoms with E-state index >= 15 is 0 Å². The predicted octanol–water partition coefficient (Wildman–Crippen LogP) is 4.89. The van der Waals surface area contributed by atoms with E-state index in [2.05, 4.69) is 32.7 Å². The smallest absolute Gasteiger partial charge is 0.213 e. The van der Waals surface area contributed by atoms with E-state index in [0.29, 0.717) is 31.5 Å². The Morgan fingerprint density at radius 1 is 1.03 bits per heavy atom. The maximum Gasteiger partial charge on any atom is 0.213 e. The molecule has 4 rings (SSSR count). The molecule has 0 bridgehead atoms. The van der Waals surface area contributed by atoms with E-state index in [1.807, 2.05) is 60.7 Å². The van der Waals surface area contributed by atoms with E-state index < -0.39 is 6.10 Å². The molecule has 0 amide bonds. The summed E-state index contributed by atoms with van der Waals surface area (Å²) in [7, 11) is 1.71. The molecule has 3 N–H and O–H groups in total. The molecule has 2 aromatic heterocycles. The Bertz CT molecular complexity index is 1150. The molecule has 0 radical (unpaired) electrons. The van der Waals surface area contributed by atoms with Crippen molar-refractivity contribution in [1.29, 1.82) is 0 Å². The van der Waals surface area contributed by atoms with Crippen molar-refractivity contribution in [3.05, 3.63) is 95.0 Å². The lowest BCUT2D eigenvalue weighted by atomic mass is 10.2. The number of ether oxygens (including phenoxy) is 1. The van der Waals surface area contributed by atoms with Crippen LogP contribution in [-0.2, 0) is 13.2 Å². The molecule has 2 aromatic carbocycles. The lowest BCUT2D eigenvalue weighted by molar-refractivity contribution is 0.184. The van der Waals surface area contributed by atoms with Gasteiger partial charge in [0.05, 0.1) is 0 Å². The van der Waals surface area contributed by atoms with Crippen LogP contribution in [0.4, 0.5) is 0 Å². The van der Waals surface area contributed by atoms with Gasteiger partial charge in [-0.2, -0.15) is 0 Å². The second kappa shape index (κ2) is 12.5. The Labute approximate surface area is 214 Å². The van der Waals surface area contributed by atoms with Crippen LogP contribution in [-0.4, -0.2) is 29.6 Å². The number of rotatable bonds is 8. The molecule has 0 aliphatic heterocycles. The van der Waals surface area contributed by atoms with Crippen LogP contribution in [0.15, 0.2) is 84.0 Å². The van der Waals surface area contributed by atoms with Crippen LogP contribution in [0.25, 0.3) is 10.1 Å². The summed E-state index contributed by atoms with van der Waals surface area (Å²) in [5.41, 5.74) is 2.12. The summed E-state index contributed by atoms with van der Waals surface area (Å²) in [5.74, 6) is 1.20. The summed E-state index contributed by atoms with van der Waals surface area (Å²) in [6.07, 6.45) is 1.13. The van der Waals surface area contributed by atoms with Crippen molar-refractivity contribution < 1.29 is 9.84 Å². The van der Waals surface area contributed by atoms with Crippen LogP contribution in [0.1, 0.15) is 22.1 Å². The standard InChI is InChI=1S/C25H26N4O2S.HI/c1-26-25(29-16-21(30)23-14-20-9-5-6-10-22(20)32-23)28-15-19-11-12-27-24(13-19)31-17-18-7-3-2-4-8-18;/h2-14,21,30H,15-17H2,1H3,(H2,26,28,29);1H. The minimum absolute atomic E-state index is 0. The fourth-order valence-electron chi connectivity index (χ4n) is 3.24. The summed E-state index contributed by atoms with van der Waals surface area (Å²) >= 11 is 1.61. The van der Waals surface area contributed by atoms with Crippen molar-refractivity contribution >= 4 is 51.4 Å². The first-order chi connectivity index (χ1) is 15.7. The predicted molar refractivity (Wildman–Crippen MR) is 145 cm³/mol. The summed E-state index contributed by atoms with van der Waals surface area (Å²) in [4.78, 5) is 9.47. The number of aromatic nitrogens is 1. The number of nitrogens with zero attached hydrogens (tertiary/aromatic N) is 2. The van der Waals surface area contributed by atoms with Gasteiger partial charge in [-0.15, -0.1) is 35.3 Å². The molecule has 8 heteroatoms. The molecule has 0 aliphatic carbocycles. The summed E-state index contributed by atoms with van der Waals surface area (Å²) in [6, 6.07) is 24.0. The molecule has 0 saturated carbocycles. The first-order valence-electron chi connectivity index (χ1n) is 10.4. The molecule has 2 heterocycles. The Morgan fingerprint density at radius 2 is 1.82 bits per heavy atom. The van der Waals surface area contributed by atoms with E-state index in [9.17, 15) is 5.11 Å². The number of fused-ring (bicyclic) bond motifs is 1. The average molecular weight is 574 g/mol. The number of nitrogens with one attached hydrogen (secondary N) is 2. The van der Waals surface area contributed by atoms with Gasteiger partial charge < -0.3 is 20.5 Å². The van der Waals surface area contributed by atoms with Gasteiger partial charge in [-0.25, -0.2) is 4.98 Å². The van der Waals surface area contributed by atoms with Gasteiger partial charge in [0.2, 0.25) is 5.88 Å². The first kappa shape index (κ1) is 24.9. The molecule has 1 atom stereocenters. The number of aliphatic imine (C=N–C) groups is 1. The van der Waals surface area contributed by atoms with E-state index in [1.54, 1.807) is 24.6 Å². The fraction of sp³-hybridized carbons (Fsp3) is 0.200. The van der Waals surface area contributed by atoms with Crippen molar-refractivity contribution in [1.82, 2.24) is 15.6 Å². The number of hydrogen-bond donors (Lipinski definition) is 3. The van der Waals surface area contributed by atoms with Crippen LogP contribution in [0.5, 0.6) is 5.88 Å². The molecule has 1 unspecified atom stereocenters. The van der Waals surface area contributed by atoms with Gasteiger partial charge in [-0.3, -0.25) is 4.99 Å². The fourth-order valence-corrected chi connectivity index (χ4v) is 4.29. The Kier molecular flexibility index (Phi) is 9.47. The lowest BCUT2D eigenvalue weighted by Gasteiger charge is -2.15. The monoisotopic (exact) mass is 574 g/mol. The van der Waals surface area contributed by atoms with Gasteiger partial charge >= 0.3 is 0 Å². The largest absolute Gasteiger partial charge is 0.473 e. The summed E-state index contributed by atoms with van der Waals surface area (Å²) in [5, 5.41) is 18.2. The van der Waals surface area contributed by atoms with E-state index in [0.717, 1.165) is 21.4 Å². The highest BCUT2D eigenvalue weighted by Gasteiger charge is 2.12. The normalized spacial score (nSPS) is 12.1. The molecule has 0 saturated heterocycles. The second-order valence-corrected chi connectivity index (χ2v) is 8.40. The van der Waals surface area contributed by atoms with Gasteiger partial charge in [0.1, 0.15) is 12.7 Å². The zero-order chi connectivity index (χ0) is 22.2.